The lowest BCUT2D eigenvalue weighted by molar-refractivity contribution is -0.274. The van der Waals surface area contributed by atoms with E-state index in [0.717, 1.165) is 25.6 Å². The molecule has 2 aromatic rings. The van der Waals surface area contributed by atoms with Gasteiger partial charge in [0.2, 0.25) is 10.0 Å². The number of alkyl halides is 3. The molecule has 230 valence electrons. The van der Waals surface area contributed by atoms with Crippen molar-refractivity contribution in [2.45, 2.75) is 68.4 Å². The average Bonchev–Trinajstić information content (AvgIpc) is 3.75. The van der Waals surface area contributed by atoms with Crippen molar-refractivity contribution in [3.63, 3.8) is 0 Å². The summed E-state index contributed by atoms with van der Waals surface area (Å²) in [5.41, 5.74) is 0.353. The predicted molar refractivity (Wildman–Crippen MR) is 151 cm³/mol. The third-order valence-electron chi connectivity index (χ3n) is 8.11. The number of hydrogen-bond donors (Lipinski definition) is 0. The van der Waals surface area contributed by atoms with E-state index < -0.39 is 40.3 Å². The van der Waals surface area contributed by atoms with Gasteiger partial charge in [0, 0.05) is 37.2 Å². The molecule has 1 amide bonds. The number of ether oxygens (including phenoxy) is 2. The molecule has 0 N–H and O–H groups in total. The second-order valence-electron chi connectivity index (χ2n) is 11.3. The Labute approximate surface area is 249 Å². The largest absolute Gasteiger partial charge is 0.573 e. The van der Waals surface area contributed by atoms with Crippen LogP contribution in [0, 0.1) is 5.92 Å². The van der Waals surface area contributed by atoms with Crippen molar-refractivity contribution in [2.75, 3.05) is 32.8 Å². The number of sulfonamides is 1. The van der Waals surface area contributed by atoms with E-state index >= 15 is 0 Å². The Morgan fingerprint density at radius 2 is 1.79 bits per heavy atom. The highest BCUT2D eigenvalue weighted by molar-refractivity contribution is 7.89. The maximum absolute atomic E-state index is 14.0. The van der Waals surface area contributed by atoms with Crippen molar-refractivity contribution in [1.82, 2.24) is 14.1 Å². The van der Waals surface area contributed by atoms with Gasteiger partial charge in [-0.3, -0.25) is 4.90 Å². The molecule has 1 saturated carbocycles. The van der Waals surface area contributed by atoms with Gasteiger partial charge in [0.25, 0.3) is 0 Å². The number of nitrogens with zero attached hydrogens (tertiary/aromatic N) is 3. The standard InChI is InChI=1S/C29H35ClF3N3O5S/c1-20-17-34(18-21-8-9-21)14-15-35(20)28(37)40-19-24-5-3-7-27(22-4-2-6-25(16-22)41-29(31,32)33)36(24)42(38,39)26-12-10-23(30)11-13-26/h2,4,6,10-13,16,20-21,24,27H,3,5,7-9,14-15,17-19H2,1H3/t20?,24-,27+/m1/s1. The Morgan fingerprint density at radius 1 is 1.05 bits per heavy atom. The van der Waals surface area contributed by atoms with Crippen molar-refractivity contribution in [2.24, 2.45) is 5.92 Å². The van der Waals surface area contributed by atoms with Crippen molar-refractivity contribution >= 4 is 27.7 Å². The summed E-state index contributed by atoms with van der Waals surface area (Å²) >= 11 is 6.00. The summed E-state index contributed by atoms with van der Waals surface area (Å²) in [5, 5.41) is 0.359. The molecule has 3 aliphatic rings. The van der Waals surface area contributed by atoms with Crippen LogP contribution in [0.1, 0.15) is 50.6 Å². The highest BCUT2D eigenvalue weighted by Gasteiger charge is 2.42. The monoisotopic (exact) mass is 629 g/mol. The fraction of sp³-hybridized carbons (Fsp3) is 0.552. The zero-order valence-corrected chi connectivity index (χ0v) is 24.9. The molecule has 5 rings (SSSR count). The van der Waals surface area contributed by atoms with Crippen LogP contribution in [-0.2, 0) is 14.8 Å². The molecular weight excluding hydrogens is 595 g/mol. The molecule has 13 heteroatoms. The van der Waals surface area contributed by atoms with Crippen LogP contribution in [0.3, 0.4) is 0 Å². The van der Waals surface area contributed by atoms with Crippen LogP contribution in [0.5, 0.6) is 5.75 Å². The Kier molecular flexibility index (Phi) is 9.27. The third-order valence-corrected chi connectivity index (χ3v) is 10.3. The lowest BCUT2D eigenvalue weighted by Crippen LogP contribution is -2.55. The van der Waals surface area contributed by atoms with Crippen LogP contribution < -0.4 is 4.74 Å². The Balaban J connectivity index is 1.36. The molecule has 1 aliphatic carbocycles. The van der Waals surface area contributed by atoms with Gasteiger partial charge >= 0.3 is 12.5 Å². The molecule has 0 spiro atoms. The summed E-state index contributed by atoms with van der Waals surface area (Å²) in [6.07, 6.45) is -1.51. The molecule has 3 fully saturated rings. The van der Waals surface area contributed by atoms with Gasteiger partial charge in [-0.05, 0) is 86.9 Å². The summed E-state index contributed by atoms with van der Waals surface area (Å²) in [7, 11) is -4.17. The molecule has 42 heavy (non-hydrogen) atoms. The van der Waals surface area contributed by atoms with E-state index in [9.17, 15) is 26.4 Å². The number of carbonyl (C=O) groups is 1. The van der Waals surface area contributed by atoms with Gasteiger partial charge in [-0.25, -0.2) is 13.2 Å². The first-order chi connectivity index (χ1) is 19.9. The maximum atomic E-state index is 14.0. The van der Waals surface area contributed by atoms with Crippen molar-refractivity contribution in [3.8, 4) is 5.75 Å². The fourth-order valence-corrected chi connectivity index (χ4v) is 7.89. The van der Waals surface area contributed by atoms with E-state index in [4.69, 9.17) is 16.3 Å². The zero-order valence-electron chi connectivity index (χ0n) is 23.3. The van der Waals surface area contributed by atoms with Gasteiger partial charge in [0.05, 0.1) is 17.0 Å². The number of hydrogen-bond acceptors (Lipinski definition) is 6. The highest BCUT2D eigenvalue weighted by atomic mass is 35.5. The molecule has 2 heterocycles. The molecule has 2 aliphatic heterocycles. The summed E-state index contributed by atoms with van der Waals surface area (Å²) in [4.78, 5) is 17.2. The lowest BCUT2D eigenvalue weighted by Gasteiger charge is -2.42. The number of piperidine rings is 1. The van der Waals surface area contributed by atoms with Crippen molar-refractivity contribution < 1.29 is 35.9 Å². The topological polar surface area (TPSA) is 79.4 Å². The van der Waals surface area contributed by atoms with E-state index in [1.807, 2.05) is 6.92 Å². The van der Waals surface area contributed by atoms with E-state index in [2.05, 4.69) is 9.64 Å². The van der Waals surface area contributed by atoms with Gasteiger partial charge in [0.15, 0.2) is 0 Å². The molecule has 2 saturated heterocycles. The van der Waals surface area contributed by atoms with Crippen LogP contribution in [0.25, 0.3) is 0 Å². The van der Waals surface area contributed by atoms with Crippen molar-refractivity contribution in [1.29, 1.82) is 0 Å². The number of amides is 1. The number of halogens is 4. The van der Waals surface area contributed by atoms with Gasteiger partial charge in [-0.2, -0.15) is 4.31 Å². The Morgan fingerprint density at radius 3 is 2.45 bits per heavy atom. The molecule has 0 aromatic heterocycles. The maximum Gasteiger partial charge on any atom is 0.573 e. The van der Waals surface area contributed by atoms with E-state index in [1.54, 1.807) is 11.0 Å². The molecular formula is C29H35ClF3N3O5S. The summed E-state index contributed by atoms with van der Waals surface area (Å²) in [5.74, 6) is 0.316. The first kappa shape index (κ1) is 30.9. The number of piperazine rings is 1. The third kappa shape index (κ3) is 7.50. The number of carbonyl (C=O) groups excluding carboxylic acids is 1. The molecule has 8 nitrogen and oxygen atoms in total. The molecule has 2 aromatic carbocycles. The molecule has 3 atom stereocenters. The van der Waals surface area contributed by atoms with Gasteiger partial charge in [-0.15, -0.1) is 13.2 Å². The molecule has 0 radical (unpaired) electrons. The Hall–Kier alpha value is -2.54. The van der Waals surface area contributed by atoms with Gasteiger partial charge in [0.1, 0.15) is 12.4 Å². The summed E-state index contributed by atoms with van der Waals surface area (Å²) in [6.45, 7) is 4.88. The van der Waals surface area contributed by atoms with E-state index in [1.165, 1.54) is 59.6 Å². The second kappa shape index (κ2) is 12.6. The van der Waals surface area contributed by atoms with Crippen LogP contribution >= 0.6 is 11.6 Å². The minimum atomic E-state index is -4.89. The second-order valence-corrected chi connectivity index (χ2v) is 13.6. The molecule has 1 unspecified atom stereocenters. The van der Waals surface area contributed by atoms with Crippen LogP contribution in [0.2, 0.25) is 5.02 Å². The van der Waals surface area contributed by atoms with E-state index in [-0.39, 0.29) is 17.5 Å². The minimum Gasteiger partial charge on any atom is -0.448 e. The first-order valence-corrected chi connectivity index (χ1v) is 16.0. The molecule has 0 bridgehead atoms. The average molecular weight is 630 g/mol. The quantitative estimate of drug-likeness (QED) is 0.352. The fourth-order valence-electron chi connectivity index (χ4n) is 5.92. The summed E-state index contributed by atoms with van der Waals surface area (Å²) in [6, 6.07) is 9.48. The van der Waals surface area contributed by atoms with Gasteiger partial charge < -0.3 is 14.4 Å². The Bertz CT molecular complexity index is 1360. The highest BCUT2D eigenvalue weighted by Crippen LogP contribution is 2.40. The van der Waals surface area contributed by atoms with Crippen molar-refractivity contribution in [3.05, 3.63) is 59.1 Å². The van der Waals surface area contributed by atoms with Crippen LogP contribution in [0.4, 0.5) is 18.0 Å². The number of rotatable bonds is 8. The normalized spacial score (nSPS) is 24.4. The minimum absolute atomic E-state index is 0.0155. The van der Waals surface area contributed by atoms with E-state index in [0.29, 0.717) is 36.4 Å². The lowest BCUT2D eigenvalue weighted by atomic mass is 9.93. The smallest absolute Gasteiger partial charge is 0.448 e. The predicted octanol–water partition coefficient (Wildman–Crippen LogP) is 6.08. The SMILES string of the molecule is CC1CN(CC2CC2)CCN1C(=O)OC[C@H]1CCC[C@@H](c2cccc(OC(F)(F)F)c2)N1S(=O)(=O)c1ccc(Cl)cc1. The van der Waals surface area contributed by atoms with Crippen LogP contribution in [-0.4, -0.2) is 79.8 Å². The summed E-state index contributed by atoms with van der Waals surface area (Å²) < 4.78 is 78.0. The van der Waals surface area contributed by atoms with Crippen LogP contribution in [0.15, 0.2) is 53.4 Å². The zero-order chi connectivity index (χ0) is 30.1. The number of benzene rings is 2. The first-order valence-electron chi connectivity index (χ1n) is 14.2. The van der Waals surface area contributed by atoms with Gasteiger partial charge in [-0.1, -0.05) is 23.7 Å².